The van der Waals surface area contributed by atoms with E-state index in [-0.39, 0.29) is 24.6 Å². The SMILES string of the molecule is CCc1ccccc1N(CC(=O)N(Cc1ccccc1F)[C@@H](Cc1ccccc1)C(=O)NC(C)C)S(C)(=O)=O. The van der Waals surface area contributed by atoms with E-state index >= 15 is 0 Å². The van der Waals surface area contributed by atoms with Crippen LogP contribution >= 0.6 is 0 Å². The molecule has 0 radical (unpaired) electrons. The average Bonchev–Trinajstić information content (AvgIpc) is 2.89. The van der Waals surface area contributed by atoms with Crippen LogP contribution in [0, 0.1) is 5.82 Å². The number of carbonyl (C=O) groups is 2. The van der Waals surface area contributed by atoms with Crippen LogP contribution in [0.4, 0.5) is 10.1 Å². The number of aryl methyl sites for hydroxylation is 1. The number of anilines is 1. The third-order valence-electron chi connectivity index (χ3n) is 6.32. The molecule has 7 nitrogen and oxygen atoms in total. The van der Waals surface area contributed by atoms with Crippen LogP contribution in [-0.4, -0.2) is 50.0 Å². The van der Waals surface area contributed by atoms with E-state index in [1.54, 1.807) is 36.4 Å². The zero-order chi connectivity index (χ0) is 28.6. The lowest BCUT2D eigenvalue weighted by Gasteiger charge is -2.34. The van der Waals surface area contributed by atoms with Crippen molar-refractivity contribution in [2.75, 3.05) is 17.1 Å². The number of hydrogen-bond donors (Lipinski definition) is 1. The molecule has 0 saturated carbocycles. The van der Waals surface area contributed by atoms with Gasteiger partial charge in [-0.15, -0.1) is 0 Å². The van der Waals surface area contributed by atoms with Crippen molar-refractivity contribution >= 4 is 27.5 Å². The van der Waals surface area contributed by atoms with Crippen molar-refractivity contribution in [1.29, 1.82) is 0 Å². The van der Waals surface area contributed by atoms with Crippen molar-refractivity contribution in [1.82, 2.24) is 10.2 Å². The van der Waals surface area contributed by atoms with Gasteiger partial charge >= 0.3 is 0 Å². The van der Waals surface area contributed by atoms with Crippen LogP contribution in [0.3, 0.4) is 0 Å². The van der Waals surface area contributed by atoms with Crippen molar-refractivity contribution in [3.63, 3.8) is 0 Å². The number of para-hydroxylation sites is 1. The number of nitrogens with zero attached hydrogens (tertiary/aromatic N) is 2. The van der Waals surface area contributed by atoms with Crippen LogP contribution in [0.2, 0.25) is 0 Å². The second-order valence-corrected chi connectivity index (χ2v) is 11.6. The molecule has 0 fully saturated rings. The number of sulfonamides is 1. The Hall–Kier alpha value is -3.72. The van der Waals surface area contributed by atoms with E-state index in [9.17, 15) is 22.4 Å². The molecule has 3 aromatic rings. The van der Waals surface area contributed by atoms with E-state index in [4.69, 9.17) is 0 Å². The minimum absolute atomic E-state index is 0.171. The fourth-order valence-corrected chi connectivity index (χ4v) is 5.27. The minimum atomic E-state index is -3.87. The van der Waals surface area contributed by atoms with Crippen LogP contribution < -0.4 is 9.62 Å². The fourth-order valence-electron chi connectivity index (χ4n) is 4.39. The van der Waals surface area contributed by atoms with Gasteiger partial charge < -0.3 is 10.2 Å². The number of rotatable bonds is 12. The van der Waals surface area contributed by atoms with Gasteiger partial charge in [0.15, 0.2) is 0 Å². The highest BCUT2D eigenvalue weighted by Gasteiger charge is 2.34. The van der Waals surface area contributed by atoms with Gasteiger partial charge in [-0.05, 0) is 43.5 Å². The highest BCUT2D eigenvalue weighted by atomic mass is 32.2. The highest BCUT2D eigenvalue weighted by molar-refractivity contribution is 7.92. The lowest BCUT2D eigenvalue weighted by Crippen LogP contribution is -2.54. The smallest absolute Gasteiger partial charge is 0.244 e. The summed E-state index contributed by atoms with van der Waals surface area (Å²) in [5.41, 5.74) is 2.19. The Balaban J connectivity index is 2.09. The highest BCUT2D eigenvalue weighted by Crippen LogP contribution is 2.25. The molecule has 1 atom stereocenters. The molecule has 0 spiro atoms. The second kappa shape index (κ2) is 13.4. The van der Waals surface area contributed by atoms with Gasteiger partial charge in [0, 0.05) is 24.6 Å². The van der Waals surface area contributed by atoms with E-state index in [2.05, 4.69) is 5.32 Å². The minimum Gasteiger partial charge on any atom is -0.352 e. The van der Waals surface area contributed by atoms with Crippen molar-refractivity contribution in [2.24, 2.45) is 0 Å². The maximum Gasteiger partial charge on any atom is 0.244 e. The van der Waals surface area contributed by atoms with Gasteiger partial charge in [-0.2, -0.15) is 0 Å². The van der Waals surface area contributed by atoms with Gasteiger partial charge in [0.2, 0.25) is 21.8 Å². The standard InChI is InChI=1S/C30H36FN3O4S/c1-5-24-15-10-12-18-27(24)34(39(4,37)38)21-29(35)33(20-25-16-9-11-17-26(25)31)28(30(36)32-22(2)3)19-23-13-7-6-8-14-23/h6-18,22,28H,5,19-21H2,1-4H3,(H,32,36)/t28-/m0/s1. The Morgan fingerprint density at radius 2 is 1.49 bits per heavy atom. The zero-order valence-corrected chi connectivity index (χ0v) is 23.6. The Morgan fingerprint density at radius 1 is 0.897 bits per heavy atom. The number of nitrogens with one attached hydrogen (secondary N) is 1. The summed E-state index contributed by atoms with van der Waals surface area (Å²) in [5.74, 6) is -1.54. The number of amides is 2. The number of hydrogen-bond acceptors (Lipinski definition) is 4. The van der Waals surface area contributed by atoms with Gasteiger partial charge in [-0.3, -0.25) is 13.9 Å². The summed E-state index contributed by atoms with van der Waals surface area (Å²) in [6.07, 6.45) is 1.77. The molecule has 3 aromatic carbocycles. The zero-order valence-electron chi connectivity index (χ0n) is 22.8. The first-order valence-corrected chi connectivity index (χ1v) is 14.8. The largest absolute Gasteiger partial charge is 0.352 e. The van der Waals surface area contributed by atoms with Crippen LogP contribution in [0.1, 0.15) is 37.5 Å². The normalized spacial score (nSPS) is 12.2. The number of benzene rings is 3. The maximum atomic E-state index is 14.8. The van der Waals surface area contributed by atoms with E-state index in [0.29, 0.717) is 12.1 Å². The summed E-state index contributed by atoms with van der Waals surface area (Å²) >= 11 is 0. The first-order valence-electron chi connectivity index (χ1n) is 12.9. The fraction of sp³-hybridized carbons (Fsp3) is 0.333. The van der Waals surface area contributed by atoms with E-state index in [1.807, 2.05) is 57.2 Å². The Kier molecular flexibility index (Phi) is 10.2. The molecule has 1 N–H and O–H groups in total. The van der Waals surface area contributed by atoms with Crippen molar-refractivity contribution in [3.05, 3.63) is 101 Å². The molecular formula is C30H36FN3O4S. The Morgan fingerprint density at radius 3 is 2.08 bits per heavy atom. The lowest BCUT2D eigenvalue weighted by atomic mass is 10.0. The topological polar surface area (TPSA) is 86.8 Å². The van der Waals surface area contributed by atoms with Crippen molar-refractivity contribution in [3.8, 4) is 0 Å². The van der Waals surface area contributed by atoms with Crippen LogP contribution in [0.25, 0.3) is 0 Å². The molecule has 9 heteroatoms. The van der Waals surface area contributed by atoms with Crippen molar-refractivity contribution in [2.45, 2.75) is 52.2 Å². The predicted octanol–water partition coefficient (Wildman–Crippen LogP) is 4.32. The molecule has 39 heavy (non-hydrogen) atoms. The molecule has 0 unspecified atom stereocenters. The quantitative estimate of drug-likeness (QED) is 0.362. The summed E-state index contributed by atoms with van der Waals surface area (Å²) in [6.45, 7) is 4.78. The van der Waals surface area contributed by atoms with Crippen LogP contribution in [0.5, 0.6) is 0 Å². The van der Waals surface area contributed by atoms with Gasteiger partial charge in [-0.1, -0.05) is 73.7 Å². The number of carbonyl (C=O) groups excluding carboxylic acids is 2. The van der Waals surface area contributed by atoms with Gasteiger partial charge in [0.1, 0.15) is 18.4 Å². The summed E-state index contributed by atoms with van der Waals surface area (Å²) in [7, 11) is -3.87. The van der Waals surface area contributed by atoms with Crippen molar-refractivity contribution < 1.29 is 22.4 Å². The molecule has 0 aromatic heterocycles. The summed E-state index contributed by atoms with van der Waals surface area (Å²) in [4.78, 5) is 28.8. The maximum absolute atomic E-state index is 14.8. The summed E-state index contributed by atoms with van der Waals surface area (Å²) < 4.78 is 41.7. The molecule has 0 aliphatic carbocycles. The molecule has 0 bridgehead atoms. The molecule has 3 rings (SSSR count). The summed E-state index contributed by atoms with van der Waals surface area (Å²) in [5, 5.41) is 2.87. The molecule has 208 valence electrons. The third kappa shape index (κ3) is 8.13. The van der Waals surface area contributed by atoms with E-state index in [1.165, 1.54) is 11.0 Å². The monoisotopic (exact) mass is 553 g/mol. The first-order chi connectivity index (χ1) is 18.5. The molecule has 2 amide bonds. The Bertz CT molecular complexity index is 1380. The average molecular weight is 554 g/mol. The second-order valence-electron chi connectivity index (χ2n) is 9.73. The van der Waals surface area contributed by atoms with Crippen LogP contribution in [0.15, 0.2) is 78.9 Å². The van der Waals surface area contributed by atoms with Crippen LogP contribution in [-0.2, 0) is 39.0 Å². The molecule has 0 aliphatic heterocycles. The number of halogens is 1. The van der Waals surface area contributed by atoms with E-state index in [0.717, 1.165) is 21.7 Å². The summed E-state index contributed by atoms with van der Waals surface area (Å²) in [6, 6.07) is 21.0. The van der Waals surface area contributed by atoms with Gasteiger partial charge in [0.25, 0.3) is 0 Å². The molecule has 0 aliphatic rings. The molecule has 0 saturated heterocycles. The molecular weight excluding hydrogens is 517 g/mol. The Labute approximate surface area is 230 Å². The predicted molar refractivity (Wildman–Crippen MR) is 152 cm³/mol. The van der Waals surface area contributed by atoms with E-state index < -0.39 is 40.2 Å². The third-order valence-corrected chi connectivity index (χ3v) is 7.45. The van der Waals surface area contributed by atoms with Gasteiger partial charge in [0.05, 0.1) is 11.9 Å². The first kappa shape index (κ1) is 29.8. The lowest BCUT2D eigenvalue weighted by molar-refractivity contribution is -0.140. The molecule has 0 heterocycles. The van der Waals surface area contributed by atoms with Gasteiger partial charge in [-0.25, -0.2) is 12.8 Å².